The van der Waals surface area contributed by atoms with Crippen LogP contribution in [0.25, 0.3) is 0 Å². The molecule has 1 aromatic rings. The Labute approximate surface area is 132 Å². The highest BCUT2D eigenvalue weighted by Gasteiger charge is 2.31. The van der Waals surface area contributed by atoms with Crippen molar-refractivity contribution in [3.05, 3.63) is 29.3 Å². The number of hydrogen-bond donors (Lipinski definition) is 3. The predicted molar refractivity (Wildman–Crippen MR) is 80.5 cm³/mol. The van der Waals surface area contributed by atoms with E-state index >= 15 is 0 Å². The van der Waals surface area contributed by atoms with Gasteiger partial charge in [0.25, 0.3) is 0 Å². The van der Waals surface area contributed by atoms with Crippen molar-refractivity contribution in [3.8, 4) is 0 Å². The number of halogens is 3. The summed E-state index contributed by atoms with van der Waals surface area (Å²) < 4.78 is 38.4. The highest BCUT2D eigenvalue weighted by atomic mass is 19.4. The molecular formula is C15H20F3N3O2. The minimum Gasteiger partial charge on any atom is -0.356 e. The van der Waals surface area contributed by atoms with Crippen molar-refractivity contribution in [3.63, 3.8) is 0 Å². The first kappa shape index (κ1) is 19.0. The molecule has 0 bridgehead atoms. The zero-order chi connectivity index (χ0) is 17.5. The first-order valence-corrected chi connectivity index (χ1v) is 7.24. The van der Waals surface area contributed by atoms with Crippen molar-refractivity contribution in [2.24, 2.45) is 5.73 Å². The van der Waals surface area contributed by atoms with E-state index in [-0.39, 0.29) is 36.5 Å². The quantitative estimate of drug-likeness (QED) is 0.717. The zero-order valence-electron chi connectivity index (χ0n) is 12.8. The molecule has 0 radical (unpaired) electrons. The molecule has 128 valence electrons. The minimum atomic E-state index is -4.52. The SMILES string of the molecule is CCCNC(=O)CCC(=O)Nc1cc(CN)cc(C(F)(F)F)c1. The second-order valence-corrected chi connectivity index (χ2v) is 5.02. The van der Waals surface area contributed by atoms with Gasteiger partial charge in [0.15, 0.2) is 0 Å². The van der Waals surface area contributed by atoms with E-state index in [1.54, 1.807) is 0 Å². The van der Waals surface area contributed by atoms with Crippen molar-refractivity contribution in [1.29, 1.82) is 0 Å². The number of carbonyl (C=O) groups excluding carboxylic acids is 2. The molecule has 0 fully saturated rings. The number of carbonyl (C=O) groups is 2. The number of benzene rings is 1. The van der Waals surface area contributed by atoms with E-state index in [1.165, 1.54) is 6.07 Å². The molecule has 1 aromatic carbocycles. The number of nitrogens with two attached hydrogens (primary N) is 1. The van der Waals surface area contributed by atoms with Crippen molar-refractivity contribution < 1.29 is 22.8 Å². The fourth-order valence-corrected chi connectivity index (χ4v) is 1.85. The van der Waals surface area contributed by atoms with Crippen molar-refractivity contribution >= 4 is 17.5 Å². The van der Waals surface area contributed by atoms with Gasteiger partial charge in [-0.25, -0.2) is 0 Å². The van der Waals surface area contributed by atoms with Gasteiger partial charge in [0.1, 0.15) is 0 Å². The predicted octanol–water partition coefficient (Wildman–Crippen LogP) is 2.41. The number of amides is 2. The molecule has 0 aliphatic heterocycles. The number of hydrogen-bond acceptors (Lipinski definition) is 3. The number of rotatable bonds is 7. The van der Waals surface area contributed by atoms with Crippen LogP contribution in [0.15, 0.2) is 18.2 Å². The van der Waals surface area contributed by atoms with Crippen LogP contribution in [0.2, 0.25) is 0 Å². The Morgan fingerprint density at radius 1 is 1.13 bits per heavy atom. The molecule has 0 aromatic heterocycles. The van der Waals surface area contributed by atoms with Crippen molar-refractivity contribution in [2.75, 3.05) is 11.9 Å². The molecule has 23 heavy (non-hydrogen) atoms. The highest BCUT2D eigenvalue weighted by molar-refractivity contribution is 5.93. The molecule has 8 heteroatoms. The molecule has 0 atom stereocenters. The molecule has 0 saturated carbocycles. The van der Waals surface area contributed by atoms with Crippen LogP contribution in [0.3, 0.4) is 0 Å². The Hall–Kier alpha value is -2.09. The molecule has 0 spiro atoms. The third-order valence-electron chi connectivity index (χ3n) is 2.99. The standard InChI is InChI=1S/C15H20F3N3O2/c1-2-5-20-13(22)3-4-14(23)21-12-7-10(9-19)6-11(8-12)15(16,17)18/h6-8H,2-5,9,19H2,1H3,(H,20,22)(H,21,23). The summed E-state index contributed by atoms with van der Waals surface area (Å²) in [4.78, 5) is 23.1. The summed E-state index contributed by atoms with van der Waals surface area (Å²) >= 11 is 0. The lowest BCUT2D eigenvalue weighted by Gasteiger charge is -2.12. The third-order valence-corrected chi connectivity index (χ3v) is 2.99. The smallest absolute Gasteiger partial charge is 0.356 e. The number of alkyl halides is 3. The van der Waals surface area contributed by atoms with Gasteiger partial charge < -0.3 is 16.4 Å². The highest BCUT2D eigenvalue weighted by Crippen LogP contribution is 2.32. The van der Waals surface area contributed by atoms with Crippen LogP contribution in [0.5, 0.6) is 0 Å². The molecular weight excluding hydrogens is 311 g/mol. The van der Waals surface area contributed by atoms with Crippen LogP contribution < -0.4 is 16.4 Å². The molecule has 1 rings (SSSR count). The van der Waals surface area contributed by atoms with Crippen molar-refractivity contribution in [2.45, 2.75) is 38.9 Å². The number of nitrogens with one attached hydrogen (secondary N) is 2. The Morgan fingerprint density at radius 3 is 2.35 bits per heavy atom. The Morgan fingerprint density at radius 2 is 1.78 bits per heavy atom. The summed E-state index contributed by atoms with van der Waals surface area (Å²) in [6.07, 6.45) is -3.87. The minimum absolute atomic E-state index is 0.0132. The summed E-state index contributed by atoms with van der Waals surface area (Å²) in [5, 5.41) is 4.98. The molecule has 0 saturated heterocycles. The average Bonchev–Trinajstić information content (AvgIpc) is 2.49. The van der Waals surface area contributed by atoms with Gasteiger partial charge in [0.2, 0.25) is 11.8 Å². The number of anilines is 1. The van der Waals surface area contributed by atoms with Gasteiger partial charge in [-0.05, 0) is 30.2 Å². The van der Waals surface area contributed by atoms with Gasteiger partial charge in [0, 0.05) is 31.6 Å². The molecule has 5 nitrogen and oxygen atoms in total. The summed E-state index contributed by atoms with van der Waals surface area (Å²) in [7, 11) is 0. The lowest BCUT2D eigenvalue weighted by Crippen LogP contribution is -2.25. The normalized spacial score (nSPS) is 11.2. The third kappa shape index (κ3) is 6.68. The van der Waals surface area contributed by atoms with E-state index < -0.39 is 17.6 Å². The van der Waals surface area contributed by atoms with Crippen LogP contribution in [0, 0.1) is 0 Å². The van der Waals surface area contributed by atoms with Crippen LogP contribution >= 0.6 is 0 Å². The van der Waals surface area contributed by atoms with Crippen LogP contribution in [-0.4, -0.2) is 18.4 Å². The summed E-state index contributed by atoms with van der Waals surface area (Å²) in [5.74, 6) is -0.798. The Balaban J connectivity index is 2.69. The fourth-order valence-electron chi connectivity index (χ4n) is 1.85. The second-order valence-electron chi connectivity index (χ2n) is 5.02. The summed E-state index contributed by atoms with van der Waals surface area (Å²) in [6, 6.07) is 3.16. The van der Waals surface area contributed by atoms with E-state index in [4.69, 9.17) is 5.73 Å². The largest absolute Gasteiger partial charge is 0.416 e. The monoisotopic (exact) mass is 331 g/mol. The maximum absolute atomic E-state index is 12.8. The van der Waals surface area contributed by atoms with Crippen LogP contribution in [0.4, 0.5) is 18.9 Å². The van der Waals surface area contributed by atoms with Gasteiger partial charge in [-0.1, -0.05) is 6.92 Å². The maximum Gasteiger partial charge on any atom is 0.416 e. The molecule has 4 N–H and O–H groups in total. The molecule has 0 unspecified atom stereocenters. The molecule has 0 aliphatic rings. The Bertz CT molecular complexity index is 559. The van der Waals surface area contributed by atoms with E-state index in [2.05, 4.69) is 10.6 Å². The van der Waals surface area contributed by atoms with E-state index in [0.717, 1.165) is 18.6 Å². The van der Waals surface area contributed by atoms with E-state index in [1.807, 2.05) is 6.92 Å². The van der Waals surface area contributed by atoms with Crippen LogP contribution in [-0.2, 0) is 22.3 Å². The van der Waals surface area contributed by atoms with Gasteiger partial charge in [-0.3, -0.25) is 9.59 Å². The molecule has 0 aliphatic carbocycles. The fraction of sp³-hybridized carbons (Fsp3) is 0.467. The lowest BCUT2D eigenvalue weighted by molar-refractivity contribution is -0.137. The van der Waals surface area contributed by atoms with Gasteiger partial charge in [-0.2, -0.15) is 13.2 Å². The maximum atomic E-state index is 12.8. The topological polar surface area (TPSA) is 84.2 Å². The summed E-state index contributed by atoms with van der Waals surface area (Å²) in [6.45, 7) is 2.34. The van der Waals surface area contributed by atoms with E-state index in [0.29, 0.717) is 6.54 Å². The van der Waals surface area contributed by atoms with Gasteiger partial charge in [0.05, 0.1) is 5.56 Å². The molecule has 0 heterocycles. The second kappa shape index (κ2) is 8.52. The first-order valence-electron chi connectivity index (χ1n) is 7.24. The van der Waals surface area contributed by atoms with E-state index in [9.17, 15) is 22.8 Å². The van der Waals surface area contributed by atoms with Crippen molar-refractivity contribution in [1.82, 2.24) is 5.32 Å². The van der Waals surface area contributed by atoms with Gasteiger partial charge in [-0.15, -0.1) is 0 Å². The summed E-state index contributed by atoms with van der Waals surface area (Å²) in [5.41, 5.74) is 4.77. The first-order chi connectivity index (χ1) is 10.8. The van der Waals surface area contributed by atoms with Crippen LogP contribution in [0.1, 0.15) is 37.3 Å². The zero-order valence-corrected chi connectivity index (χ0v) is 12.8. The average molecular weight is 331 g/mol. The molecule has 2 amide bonds. The lowest BCUT2D eigenvalue weighted by atomic mass is 10.1. The Kier molecular flexibility index (Phi) is 7.02. The van der Waals surface area contributed by atoms with Gasteiger partial charge >= 0.3 is 6.18 Å².